The fourth-order valence-electron chi connectivity index (χ4n) is 3.69. The van der Waals surface area contributed by atoms with E-state index in [2.05, 4.69) is 36.5 Å². The van der Waals surface area contributed by atoms with Gasteiger partial charge in [0.05, 0.1) is 6.42 Å². The molecule has 0 saturated carbocycles. The summed E-state index contributed by atoms with van der Waals surface area (Å²) in [5, 5.41) is 3.02. The molecule has 0 heterocycles. The Kier molecular flexibility index (Phi) is 9.10. The van der Waals surface area contributed by atoms with Gasteiger partial charge < -0.3 is 10.2 Å². The van der Waals surface area contributed by atoms with Crippen LogP contribution in [-0.2, 0) is 22.6 Å². The molecule has 0 aromatic heterocycles. The van der Waals surface area contributed by atoms with Gasteiger partial charge in [-0.05, 0) is 50.3 Å². The SMILES string of the molecule is CCCCNC(=O)C(CC)N(Cc1cccc(C)c1)C(=O)Cc1cc(C)ccc1C. The first-order valence-electron chi connectivity index (χ1n) is 11.0. The van der Waals surface area contributed by atoms with Gasteiger partial charge in [-0.3, -0.25) is 9.59 Å². The van der Waals surface area contributed by atoms with Crippen molar-refractivity contribution in [2.24, 2.45) is 0 Å². The molecule has 4 heteroatoms. The van der Waals surface area contributed by atoms with E-state index in [1.807, 2.05) is 45.9 Å². The first kappa shape index (κ1) is 23.7. The van der Waals surface area contributed by atoms with E-state index in [4.69, 9.17) is 0 Å². The van der Waals surface area contributed by atoms with Gasteiger partial charge in [0.2, 0.25) is 11.8 Å². The largest absolute Gasteiger partial charge is 0.354 e. The summed E-state index contributed by atoms with van der Waals surface area (Å²) in [5.41, 5.74) is 5.46. The van der Waals surface area contributed by atoms with Crippen molar-refractivity contribution in [3.8, 4) is 0 Å². The molecule has 4 nitrogen and oxygen atoms in total. The fourth-order valence-corrected chi connectivity index (χ4v) is 3.69. The Labute approximate surface area is 181 Å². The van der Waals surface area contributed by atoms with E-state index in [0.29, 0.717) is 25.9 Å². The van der Waals surface area contributed by atoms with Gasteiger partial charge >= 0.3 is 0 Å². The standard InChI is InChI=1S/C26H36N2O2/c1-6-8-14-27-26(30)24(7-2)28(18-22-11-9-10-19(3)15-22)25(29)17-23-16-20(4)12-13-21(23)5/h9-13,15-16,24H,6-8,14,17-18H2,1-5H3,(H,27,30). The van der Waals surface area contributed by atoms with Crippen molar-refractivity contribution in [2.45, 2.75) is 72.9 Å². The number of amides is 2. The molecule has 2 rings (SSSR count). The monoisotopic (exact) mass is 408 g/mol. The van der Waals surface area contributed by atoms with Gasteiger partial charge in [-0.15, -0.1) is 0 Å². The van der Waals surface area contributed by atoms with Crippen LogP contribution in [0.1, 0.15) is 60.9 Å². The van der Waals surface area contributed by atoms with Gasteiger partial charge in [0.25, 0.3) is 0 Å². The lowest BCUT2D eigenvalue weighted by atomic mass is 10.0. The Balaban J connectivity index is 2.29. The van der Waals surface area contributed by atoms with Gasteiger partial charge in [0.1, 0.15) is 6.04 Å². The van der Waals surface area contributed by atoms with Crippen LogP contribution in [0, 0.1) is 20.8 Å². The minimum absolute atomic E-state index is 0.0114. The lowest BCUT2D eigenvalue weighted by molar-refractivity contribution is -0.140. The van der Waals surface area contributed by atoms with E-state index in [-0.39, 0.29) is 11.8 Å². The normalized spacial score (nSPS) is 11.8. The zero-order valence-electron chi connectivity index (χ0n) is 19.1. The van der Waals surface area contributed by atoms with E-state index in [0.717, 1.165) is 40.7 Å². The molecular weight excluding hydrogens is 372 g/mol. The van der Waals surface area contributed by atoms with Crippen molar-refractivity contribution >= 4 is 11.8 Å². The Morgan fingerprint density at radius 1 is 1.00 bits per heavy atom. The zero-order valence-corrected chi connectivity index (χ0v) is 19.1. The van der Waals surface area contributed by atoms with Crippen molar-refractivity contribution < 1.29 is 9.59 Å². The Morgan fingerprint density at radius 3 is 2.40 bits per heavy atom. The molecule has 0 aliphatic heterocycles. The van der Waals surface area contributed by atoms with Gasteiger partial charge in [0, 0.05) is 13.1 Å². The molecule has 0 aliphatic carbocycles. The van der Waals surface area contributed by atoms with Crippen LogP contribution in [0.15, 0.2) is 42.5 Å². The van der Waals surface area contributed by atoms with Crippen molar-refractivity contribution in [3.63, 3.8) is 0 Å². The van der Waals surface area contributed by atoms with Crippen LogP contribution in [0.25, 0.3) is 0 Å². The second-order valence-electron chi connectivity index (χ2n) is 8.19. The summed E-state index contributed by atoms with van der Waals surface area (Å²) in [6.45, 7) is 11.3. The molecule has 0 radical (unpaired) electrons. The highest BCUT2D eigenvalue weighted by Crippen LogP contribution is 2.18. The smallest absolute Gasteiger partial charge is 0.242 e. The fraction of sp³-hybridized carbons (Fsp3) is 0.462. The van der Waals surface area contributed by atoms with Crippen molar-refractivity contribution in [1.82, 2.24) is 10.2 Å². The predicted octanol–water partition coefficient (Wildman–Crippen LogP) is 4.88. The number of hydrogen-bond acceptors (Lipinski definition) is 2. The van der Waals surface area contributed by atoms with Crippen LogP contribution in [-0.4, -0.2) is 29.3 Å². The summed E-state index contributed by atoms with van der Waals surface area (Å²) < 4.78 is 0. The molecule has 0 fully saturated rings. The second-order valence-corrected chi connectivity index (χ2v) is 8.19. The molecule has 30 heavy (non-hydrogen) atoms. The van der Waals surface area contributed by atoms with Gasteiger partial charge in [-0.25, -0.2) is 0 Å². The molecule has 1 atom stereocenters. The molecule has 1 unspecified atom stereocenters. The minimum atomic E-state index is -0.472. The summed E-state index contributed by atoms with van der Waals surface area (Å²) >= 11 is 0. The summed E-state index contributed by atoms with van der Waals surface area (Å²) in [6, 6.07) is 13.9. The predicted molar refractivity (Wildman–Crippen MR) is 123 cm³/mol. The number of rotatable bonds is 10. The first-order valence-corrected chi connectivity index (χ1v) is 11.0. The maximum Gasteiger partial charge on any atom is 0.242 e. The van der Waals surface area contributed by atoms with Crippen LogP contribution in [0.4, 0.5) is 0 Å². The number of benzene rings is 2. The highest BCUT2D eigenvalue weighted by molar-refractivity contribution is 5.88. The van der Waals surface area contributed by atoms with Gasteiger partial charge in [-0.1, -0.05) is 73.9 Å². The summed E-state index contributed by atoms with van der Waals surface area (Å²) in [5.74, 6) is -0.0735. The average Bonchev–Trinajstić information content (AvgIpc) is 2.70. The van der Waals surface area contributed by atoms with Gasteiger partial charge in [-0.2, -0.15) is 0 Å². The summed E-state index contributed by atoms with van der Waals surface area (Å²) in [6.07, 6.45) is 2.85. The van der Waals surface area contributed by atoms with E-state index in [1.165, 1.54) is 0 Å². The van der Waals surface area contributed by atoms with Crippen LogP contribution in [0.2, 0.25) is 0 Å². The van der Waals surface area contributed by atoms with Crippen LogP contribution >= 0.6 is 0 Å². The lowest BCUT2D eigenvalue weighted by Gasteiger charge is -2.31. The van der Waals surface area contributed by atoms with Crippen LogP contribution in [0.5, 0.6) is 0 Å². The number of nitrogens with one attached hydrogen (secondary N) is 1. The maximum absolute atomic E-state index is 13.4. The molecule has 2 aromatic carbocycles. The third-order valence-corrected chi connectivity index (χ3v) is 5.50. The summed E-state index contributed by atoms with van der Waals surface area (Å²) in [4.78, 5) is 28.1. The molecule has 0 aliphatic rings. The number of carbonyl (C=O) groups excluding carboxylic acids is 2. The quantitative estimate of drug-likeness (QED) is 0.570. The highest BCUT2D eigenvalue weighted by Gasteiger charge is 2.28. The van der Waals surface area contributed by atoms with E-state index in [1.54, 1.807) is 4.90 Å². The van der Waals surface area contributed by atoms with E-state index < -0.39 is 6.04 Å². The van der Waals surface area contributed by atoms with Crippen molar-refractivity contribution in [2.75, 3.05) is 6.54 Å². The van der Waals surface area contributed by atoms with E-state index >= 15 is 0 Å². The third-order valence-electron chi connectivity index (χ3n) is 5.50. The van der Waals surface area contributed by atoms with E-state index in [9.17, 15) is 9.59 Å². The molecule has 0 saturated heterocycles. The maximum atomic E-state index is 13.4. The average molecular weight is 409 g/mol. The molecule has 162 valence electrons. The molecule has 0 bridgehead atoms. The lowest BCUT2D eigenvalue weighted by Crippen LogP contribution is -2.49. The van der Waals surface area contributed by atoms with Gasteiger partial charge in [0.15, 0.2) is 0 Å². The zero-order chi connectivity index (χ0) is 22.1. The van der Waals surface area contributed by atoms with Crippen molar-refractivity contribution in [3.05, 3.63) is 70.3 Å². The molecule has 2 aromatic rings. The minimum Gasteiger partial charge on any atom is -0.354 e. The van der Waals surface area contributed by atoms with Crippen molar-refractivity contribution in [1.29, 1.82) is 0 Å². The first-order chi connectivity index (χ1) is 14.3. The number of carbonyl (C=O) groups is 2. The number of unbranched alkanes of at least 4 members (excludes halogenated alkanes) is 1. The Morgan fingerprint density at radius 2 is 1.73 bits per heavy atom. The molecule has 0 spiro atoms. The highest BCUT2D eigenvalue weighted by atomic mass is 16.2. The Hall–Kier alpha value is -2.62. The topological polar surface area (TPSA) is 49.4 Å². The Bertz CT molecular complexity index is 860. The number of nitrogens with zero attached hydrogens (tertiary/aromatic N) is 1. The number of aryl methyl sites for hydroxylation is 3. The number of hydrogen-bond donors (Lipinski definition) is 1. The van der Waals surface area contributed by atoms with Crippen LogP contribution < -0.4 is 5.32 Å². The molecule has 2 amide bonds. The van der Waals surface area contributed by atoms with Crippen LogP contribution in [0.3, 0.4) is 0 Å². The molecular formula is C26H36N2O2. The molecule has 1 N–H and O–H groups in total. The third kappa shape index (κ3) is 6.72. The second kappa shape index (κ2) is 11.5. The summed E-state index contributed by atoms with van der Waals surface area (Å²) in [7, 11) is 0.